The predicted molar refractivity (Wildman–Crippen MR) is 94.2 cm³/mol. The van der Waals surface area contributed by atoms with E-state index in [1.54, 1.807) is 0 Å². The van der Waals surface area contributed by atoms with Gasteiger partial charge in [-0.2, -0.15) is 0 Å². The first-order valence-corrected chi connectivity index (χ1v) is 9.09. The lowest BCUT2D eigenvalue weighted by Crippen LogP contribution is -2.50. The monoisotopic (exact) mass is 345 g/mol. The van der Waals surface area contributed by atoms with Crippen LogP contribution in [-0.4, -0.2) is 38.7 Å². The first kappa shape index (κ1) is 17.9. The molecule has 0 spiro atoms. The fraction of sp³-hybridized carbons (Fsp3) is 0.600. The molecule has 1 saturated carbocycles. The van der Waals surface area contributed by atoms with Gasteiger partial charge in [0.05, 0.1) is 19.8 Å². The molecule has 1 aromatic carbocycles. The lowest BCUT2D eigenvalue weighted by Gasteiger charge is -2.42. The molecular formula is C20H27NO4. The number of carbonyl (C=O) groups is 2. The van der Waals surface area contributed by atoms with Crippen LogP contribution in [0.3, 0.4) is 0 Å². The molecule has 0 aromatic heterocycles. The van der Waals surface area contributed by atoms with Gasteiger partial charge in [0, 0.05) is 0 Å². The number of methoxy groups -OCH3 is 2. The topological polar surface area (TPSA) is 64.6 Å². The minimum Gasteiger partial charge on any atom is -0.468 e. The van der Waals surface area contributed by atoms with Crippen molar-refractivity contribution < 1.29 is 19.1 Å². The third-order valence-corrected chi connectivity index (χ3v) is 5.80. The average molecular weight is 345 g/mol. The van der Waals surface area contributed by atoms with Crippen LogP contribution in [0.1, 0.15) is 41.6 Å². The highest BCUT2D eigenvalue weighted by molar-refractivity contribution is 5.89. The summed E-state index contributed by atoms with van der Waals surface area (Å²) in [6, 6.07) is 7.58. The molecular weight excluding hydrogens is 318 g/mol. The summed E-state index contributed by atoms with van der Waals surface area (Å²) in [7, 11) is 2.85. The highest BCUT2D eigenvalue weighted by atomic mass is 16.5. The van der Waals surface area contributed by atoms with E-state index >= 15 is 0 Å². The van der Waals surface area contributed by atoms with Gasteiger partial charge in [-0.15, -0.1) is 0 Å². The van der Waals surface area contributed by atoms with E-state index in [0.29, 0.717) is 23.3 Å². The molecule has 4 atom stereocenters. The van der Waals surface area contributed by atoms with Gasteiger partial charge < -0.3 is 14.8 Å². The van der Waals surface area contributed by atoms with Crippen LogP contribution in [0.15, 0.2) is 24.3 Å². The van der Waals surface area contributed by atoms with Crippen LogP contribution < -0.4 is 5.32 Å². The summed E-state index contributed by atoms with van der Waals surface area (Å²) in [5.74, 6) is 1.48. The first-order chi connectivity index (χ1) is 12.1. The van der Waals surface area contributed by atoms with Gasteiger partial charge in [0.1, 0.15) is 6.04 Å². The Morgan fingerprint density at radius 1 is 1.04 bits per heavy atom. The fourth-order valence-electron chi connectivity index (χ4n) is 4.40. The van der Waals surface area contributed by atoms with E-state index in [0.717, 1.165) is 19.4 Å². The normalized spacial score (nSPS) is 28.7. The van der Waals surface area contributed by atoms with Crippen LogP contribution in [0.4, 0.5) is 0 Å². The lowest BCUT2D eigenvalue weighted by atomic mass is 9.68. The van der Waals surface area contributed by atoms with Gasteiger partial charge in [-0.1, -0.05) is 12.1 Å². The minimum absolute atomic E-state index is 0.140. The van der Waals surface area contributed by atoms with E-state index in [2.05, 4.69) is 5.32 Å². The summed E-state index contributed by atoms with van der Waals surface area (Å²) >= 11 is 0. The number of benzene rings is 1. The zero-order valence-corrected chi connectivity index (χ0v) is 15.0. The smallest absolute Gasteiger partial charge is 0.337 e. The number of ether oxygens (including phenoxy) is 2. The Hall–Kier alpha value is -1.88. The van der Waals surface area contributed by atoms with Crippen molar-refractivity contribution in [1.82, 2.24) is 5.32 Å². The van der Waals surface area contributed by atoms with Crippen LogP contribution in [-0.2, 0) is 20.7 Å². The van der Waals surface area contributed by atoms with Gasteiger partial charge in [-0.25, -0.2) is 4.79 Å². The average Bonchev–Trinajstić information content (AvgIpc) is 2.66. The quantitative estimate of drug-likeness (QED) is 0.850. The van der Waals surface area contributed by atoms with Gasteiger partial charge in [0.15, 0.2) is 0 Å². The van der Waals surface area contributed by atoms with Crippen molar-refractivity contribution in [2.45, 2.75) is 38.1 Å². The van der Waals surface area contributed by atoms with Crippen LogP contribution >= 0.6 is 0 Å². The molecule has 0 unspecified atom stereocenters. The van der Waals surface area contributed by atoms with E-state index in [-0.39, 0.29) is 18.0 Å². The first-order valence-electron chi connectivity index (χ1n) is 9.09. The summed E-state index contributed by atoms with van der Waals surface area (Å²) in [5.41, 5.74) is 1.85. The summed E-state index contributed by atoms with van der Waals surface area (Å²) in [4.78, 5) is 23.3. The third-order valence-electron chi connectivity index (χ3n) is 5.80. The van der Waals surface area contributed by atoms with E-state index < -0.39 is 0 Å². The number of hydrogen-bond donors (Lipinski definition) is 1. The summed E-state index contributed by atoms with van der Waals surface area (Å²) < 4.78 is 9.63. The standard InChI is InChI=1S/C20H27NO4/c1-24-19(22)15-6-3-13(4-7-15)9-14-5-8-16-12-21-18(20(23)25-2)11-17(16)10-14/h3-4,6-7,14,16-18,21H,5,8-12H2,1-2H3/t14-,16+,17-,18+/m1/s1. The molecule has 1 heterocycles. The van der Waals surface area contributed by atoms with Gasteiger partial charge in [0.25, 0.3) is 0 Å². The summed E-state index contributed by atoms with van der Waals surface area (Å²) in [6.07, 6.45) is 5.52. The van der Waals surface area contributed by atoms with Crippen molar-refractivity contribution in [2.75, 3.05) is 20.8 Å². The molecule has 1 aliphatic carbocycles. The number of rotatable bonds is 4. The van der Waals surface area contributed by atoms with Crippen LogP contribution in [0.5, 0.6) is 0 Å². The van der Waals surface area contributed by atoms with Crippen LogP contribution in [0.2, 0.25) is 0 Å². The van der Waals surface area contributed by atoms with Gasteiger partial charge in [0.2, 0.25) is 0 Å². The third kappa shape index (κ3) is 4.21. The van der Waals surface area contributed by atoms with Gasteiger partial charge in [-0.3, -0.25) is 4.79 Å². The van der Waals surface area contributed by atoms with Crippen molar-refractivity contribution in [3.8, 4) is 0 Å². The molecule has 1 aromatic rings. The maximum atomic E-state index is 11.8. The number of nitrogens with one attached hydrogen (secondary N) is 1. The van der Waals surface area contributed by atoms with Crippen LogP contribution in [0.25, 0.3) is 0 Å². The lowest BCUT2D eigenvalue weighted by molar-refractivity contribution is -0.144. The van der Waals surface area contributed by atoms with E-state index in [1.165, 1.54) is 39.0 Å². The molecule has 136 valence electrons. The van der Waals surface area contributed by atoms with E-state index in [1.807, 2.05) is 24.3 Å². The number of piperidine rings is 1. The second-order valence-corrected chi connectivity index (χ2v) is 7.31. The number of hydrogen-bond acceptors (Lipinski definition) is 5. The molecule has 3 rings (SSSR count). The molecule has 1 N–H and O–H groups in total. The molecule has 25 heavy (non-hydrogen) atoms. The molecule has 0 radical (unpaired) electrons. The zero-order chi connectivity index (χ0) is 17.8. The van der Waals surface area contributed by atoms with E-state index in [4.69, 9.17) is 9.47 Å². The van der Waals surface area contributed by atoms with Crippen molar-refractivity contribution in [3.63, 3.8) is 0 Å². The molecule has 5 heteroatoms. The fourth-order valence-corrected chi connectivity index (χ4v) is 4.40. The molecule has 0 amide bonds. The second kappa shape index (κ2) is 8.00. The molecule has 5 nitrogen and oxygen atoms in total. The second-order valence-electron chi connectivity index (χ2n) is 7.31. The van der Waals surface area contributed by atoms with Crippen LogP contribution in [0, 0.1) is 17.8 Å². The van der Waals surface area contributed by atoms with Gasteiger partial charge >= 0.3 is 11.9 Å². The maximum Gasteiger partial charge on any atom is 0.337 e. The Balaban J connectivity index is 1.57. The molecule has 1 aliphatic heterocycles. The van der Waals surface area contributed by atoms with Crippen molar-refractivity contribution in [3.05, 3.63) is 35.4 Å². The Morgan fingerprint density at radius 3 is 2.48 bits per heavy atom. The zero-order valence-electron chi connectivity index (χ0n) is 15.0. The van der Waals surface area contributed by atoms with E-state index in [9.17, 15) is 9.59 Å². The van der Waals surface area contributed by atoms with Gasteiger partial charge in [-0.05, 0) is 74.1 Å². The molecule has 2 aliphatic rings. The Kier molecular flexibility index (Phi) is 5.74. The highest BCUT2D eigenvalue weighted by Crippen LogP contribution is 2.39. The molecule has 0 bridgehead atoms. The van der Waals surface area contributed by atoms with Crippen molar-refractivity contribution >= 4 is 11.9 Å². The minimum atomic E-state index is -0.296. The summed E-state index contributed by atoms with van der Waals surface area (Å²) in [6.45, 7) is 0.922. The van der Waals surface area contributed by atoms with Crippen molar-refractivity contribution in [1.29, 1.82) is 0 Å². The number of fused-ring (bicyclic) bond motifs is 1. The molecule has 2 fully saturated rings. The highest BCUT2D eigenvalue weighted by Gasteiger charge is 2.37. The Morgan fingerprint density at radius 2 is 1.80 bits per heavy atom. The Labute approximate surface area is 149 Å². The maximum absolute atomic E-state index is 11.8. The number of esters is 2. The SMILES string of the molecule is COC(=O)c1ccc(C[C@H]2CC[C@H]3CN[C@H](C(=O)OC)C[C@H]3C2)cc1. The summed E-state index contributed by atoms with van der Waals surface area (Å²) in [5, 5.41) is 3.34. The van der Waals surface area contributed by atoms with Crippen molar-refractivity contribution in [2.24, 2.45) is 17.8 Å². The Bertz CT molecular complexity index is 613. The molecule has 1 saturated heterocycles. The largest absolute Gasteiger partial charge is 0.468 e. The number of carbonyl (C=O) groups excluding carboxylic acids is 2. The predicted octanol–water partition coefficient (Wildman–Crippen LogP) is 2.58.